The van der Waals surface area contributed by atoms with Crippen LogP contribution in [-0.2, 0) is 16.0 Å². The average molecular weight is 362 g/mol. The van der Waals surface area contributed by atoms with E-state index in [2.05, 4.69) is 10.3 Å². The highest BCUT2D eigenvalue weighted by atomic mass is 32.1. The summed E-state index contributed by atoms with van der Waals surface area (Å²) in [6, 6.07) is 6.66. The highest BCUT2D eigenvalue weighted by Gasteiger charge is 2.25. The van der Waals surface area contributed by atoms with Gasteiger partial charge in [-0.05, 0) is 18.1 Å². The summed E-state index contributed by atoms with van der Waals surface area (Å²) in [4.78, 5) is 27.9. The molecule has 0 bridgehead atoms. The van der Waals surface area contributed by atoms with E-state index in [9.17, 15) is 14.7 Å². The molecular weight excluding hydrogens is 340 g/mol. The highest BCUT2D eigenvalue weighted by Crippen LogP contribution is 2.27. The Morgan fingerprint density at radius 2 is 2.16 bits per heavy atom. The van der Waals surface area contributed by atoms with Gasteiger partial charge < -0.3 is 15.2 Å². The summed E-state index contributed by atoms with van der Waals surface area (Å²) < 4.78 is 5.20. The molecule has 1 heterocycles. The number of carbonyl (C=O) groups excluding carboxylic acids is 1. The lowest BCUT2D eigenvalue weighted by Crippen LogP contribution is -2.45. The van der Waals surface area contributed by atoms with Gasteiger partial charge in [-0.15, -0.1) is 11.3 Å². The fourth-order valence-corrected chi connectivity index (χ4v) is 3.17. The fraction of sp³-hybridized carbons (Fsp3) is 0.389. The van der Waals surface area contributed by atoms with Gasteiger partial charge in [-0.2, -0.15) is 0 Å². The van der Waals surface area contributed by atoms with Crippen molar-refractivity contribution in [2.75, 3.05) is 7.11 Å². The molecule has 2 rings (SSSR count). The van der Waals surface area contributed by atoms with Crippen LogP contribution in [0, 0.1) is 5.92 Å². The molecule has 0 aliphatic carbocycles. The predicted molar refractivity (Wildman–Crippen MR) is 96.8 cm³/mol. The van der Waals surface area contributed by atoms with E-state index in [0.717, 1.165) is 16.3 Å². The number of amides is 1. The van der Waals surface area contributed by atoms with Crippen LogP contribution in [0.15, 0.2) is 29.6 Å². The molecule has 1 aromatic heterocycles. The van der Waals surface area contributed by atoms with Gasteiger partial charge >= 0.3 is 5.97 Å². The lowest BCUT2D eigenvalue weighted by molar-refractivity contribution is -0.143. The van der Waals surface area contributed by atoms with Gasteiger partial charge in [-0.1, -0.05) is 32.4 Å². The topological polar surface area (TPSA) is 88.5 Å². The summed E-state index contributed by atoms with van der Waals surface area (Å²) in [6.07, 6.45) is 0.731. The van der Waals surface area contributed by atoms with Gasteiger partial charge in [0.15, 0.2) is 0 Å². The van der Waals surface area contributed by atoms with Crippen molar-refractivity contribution >= 4 is 23.2 Å². The Labute approximate surface area is 150 Å². The maximum absolute atomic E-state index is 12.2. The van der Waals surface area contributed by atoms with E-state index < -0.39 is 12.0 Å². The molecule has 1 aromatic carbocycles. The molecule has 2 N–H and O–H groups in total. The third-order valence-electron chi connectivity index (χ3n) is 4.01. The molecule has 2 unspecified atom stereocenters. The molecule has 0 fully saturated rings. The predicted octanol–water partition coefficient (Wildman–Crippen LogP) is 2.98. The Morgan fingerprint density at radius 1 is 1.40 bits per heavy atom. The van der Waals surface area contributed by atoms with E-state index in [0.29, 0.717) is 12.1 Å². The molecule has 0 aliphatic heterocycles. The van der Waals surface area contributed by atoms with Gasteiger partial charge in [0.1, 0.15) is 16.8 Å². The first-order valence-electron chi connectivity index (χ1n) is 8.05. The van der Waals surface area contributed by atoms with Crippen molar-refractivity contribution in [1.29, 1.82) is 0 Å². The maximum Gasteiger partial charge on any atom is 0.326 e. The minimum absolute atomic E-state index is 0.0562. The van der Waals surface area contributed by atoms with Gasteiger partial charge in [0.05, 0.1) is 19.2 Å². The Bertz CT molecular complexity index is 744. The molecule has 0 saturated carbocycles. The smallest absolute Gasteiger partial charge is 0.326 e. The molecule has 6 nitrogen and oxygen atoms in total. The summed E-state index contributed by atoms with van der Waals surface area (Å²) in [6.45, 7) is 3.70. The number of aromatic nitrogens is 1. The number of thiazole rings is 1. The first-order chi connectivity index (χ1) is 11.9. The SMILES string of the molecule is CCC(C)C(NC(=O)Cc1csc(-c2cccc(OC)c2)n1)C(=O)O. The van der Waals surface area contributed by atoms with Crippen LogP contribution in [0.4, 0.5) is 0 Å². The molecule has 2 aromatic rings. The van der Waals surface area contributed by atoms with E-state index in [4.69, 9.17) is 4.74 Å². The molecule has 0 saturated heterocycles. The quantitative estimate of drug-likeness (QED) is 0.754. The van der Waals surface area contributed by atoms with E-state index in [1.54, 1.807) is 7.11 Å². The third kappa shape index (κ3) is 5.03. The monoisotopic (exact) mass is 362 g/mol. The Hall–Kier alpha value is -2.41. The molecule has 0 aliphatic rings. The Morgan fingerprint density at radius 3 is 2.80 bits per heavy atom. The first kappa shape index (κ1) is 18.9. The second-order valence-corrected chi connectivity index (χ2v) is 6.68. The van der Waals surface area contributed by atoms with E-state index in [1.807, 2.05) is 43.5 Å². The number of rotatable bonds is 8. The number of nitrogens with zero attached hydrogens (tertiary/aromatic N) is 1. The second-order valence-electron chi connectivity index (χ2n) is 5.82. The Balaban J connectivity index is 2.05. The van der Waals surface area contributed by atoms with Crippen molar-refractivity contribution in [1.82, 2.24) is 10.3 Å². The minimum Gasteiger partial charge on any atom is -0.497 e. The van der Waals surface area contributed by atoms with Crippen molar-refractivity contribution in [3.05, 3.63) is 35.3 Å². The zero-order chi connectivity index (χ0) is 18.4. The number of hydrogen-bond donors (Lipinski definition) is 2. The molecule has 25 heavy (non-hydrogen) atoms. The van der Waals surface area contributed by atoms with Crippen LogP contribution >= 0.6 is 11.3 Å². The van der Waals surface area contributed by atoms with Gasteiger partial charge in [-0.25, -0.2) is 9.78 Å². The zero-order valence-corrected chi connectivity index (χ0v) is 15.3. The number of hydrogen-bond acceptors (Lipinski definition) is 5. The molecule has 2 atom stereocenters. The van der Waals surface area contributed by atoms with Crippen LogP contribution < -0.4 is 10.1 Å². The van der Waals surface area contributed by atoms with Crippen LogP contribution in [0.25, 0.3) is 10.6 Å². The second kappa shape index (κ2) is 8.62. The molecular formula is C18H22N2O4S. The standard InChI is InChI=1S/C18H22N2O4S/c1-4-11(2)16(18(22)23)20-15(21)9-13-10-25-17(19-13)12-6-5-7-14(8-12)24-3/h5-8,10-11,16H,4,9H2,1-3H3,(H,20,21)(H,22,23). The van der Waals surface area contributed by atoms with Crippen LogP contribution in [0.5, 0.6) is 5.75 Å². The van der Waals surface area contributed by atoms with E-state index >= 15 is 0 Å². The number of methoxy groups -OCH3 is 1. The van der Waals surface area contributed by atoms with Crippen molar-refractivity contribution in [3.8, 4) is 16.3 Å². The summed E-state index contributed by atoms with van der Waals surface area (Å²) in [7, 11) is 1.60. The molecule has 134 valence electrons. The minimum atomic E-state index is -1.02. The van der Waals surface area contributed by atoms with Crippen LogP contribution in [-0.4, -0.2) is 35.1 Å². The van der Waals surface area contributed by atoms with Crippen molar-refractivity contribution < 1.29 is 19.4 Å². The first-order valence-corrected chi connectivity index (χ1v) is 8.93. The number of ether oxygens (including phenoxy) is 1. The van der Waals surface area contributed by atoms with Crippen LogP contribution in [0.2, 0.25) is 0 Å². The number of carbonyl (C=O) groups is 2. The normalized spacial score (nSPS) is 13.1. The molecule has 0 radical (unpaired) electrons. The van der Waals surface area contributed by atoms with Gasteiger partial charge in [0.2, 0.25) is 5.91 Å². The summed E-state index contributed by atoms with van der Waals surface area (Å²) in [5.74, 6) is -0.748. The number of nitrogens with one attached hydrogen (secondary N) is 1. The highest BCUT2D eigenvalue weighted by molar-refractivity contribution is 7.13. The van der Waals surface area contributed by atoms with Crippen molar-refractivity contribution in [2.45, 2.75) is 32.7 Å². The summed E-state index contributed by atoms with van der Waals surface area (Å²) >= 11 is 1.44. The summed E-state index contributed by atoms with van der Waals surface area (Å²) in [5, 5.41) is 14.4. The average Bonchev–Trinajstić information content (AvgIpc) is 3.07. The number of carboxylic acid groups (broad SMARTS) is 1. The van der Waals surface area contributed by atoms with Crippen LogP contribution in [0.1, 0.15) is 26.0 Å². The van der Waals surface area contributed by atoms with Gasteiger partial charge in [-0.3, -0.25) is 4.79 Å². The molecule has 1 amide bonds. The van der Waals surface area contributed by atoms with Gasteiger partial charge in [0, 0.05) is 10.9 Å². The third-order valence-corrected chi connectivity index (χ3v) is 4.95. The van der Waals surface area contributed by atoms with Crippen LogP contribution in [0.3, 0.4) is 0 Å². The summed E-state index contributed by atoms with van der Waals surface area (Å²) in [5.41, 5.74) is 1.53. The Kier molecular flexibility index (Phi) is 6.52. The lowest BCUT2D eigenvalue weighted by atomic mass is 9.99. The van der Waals surface area contributed by atoms with E-state index in [1.165, 1.54) is 11.3 Å². The maximum atomic E-state index is 12.2. The fourth-order valence-electron chi connectivity index (χ4n) is 2.35. The van der Waals surface area contributed by atoms with Crippen molar-refractivity contribution in [3.63, 3.8) is 0 Å². The van der Waals surface area contributed by atoms with Crippen molar-refractivity contribution in [2.24, 2.45) is 5.92 Å². The lowest BCUT2D eigenvalue weighted by Gasteiger charge is -2.19. The number of aliphatic carboxylic acids is 1. The number of carboxylic acids is 1. The zero-order valence-electron chi connectivity index (χ0n) is 14.5. The largest absolute Gasteiger partial charge is 0.497 e. The molecule has 0 spiro atoms. The van der Waals surface area contributed by atoms with E-state index in [-0.39, 0.29) is 18.2 Å². The number of benzene rings is 1. The molecule has 7 heteroatoms. The van der Waals surface area contributed by atoms with Gasteiger partial charge in [0.25, 0.3) is 0 Å².